The number of rotatable bonds is 6. The highest BCUT2D eigenvalue weighted by Crippen LogP contribution is 2.20. The minimum absolute atomic E-state index is 0.238. The molecule has 0 aliphatic heterocycles. The molecule has 0 aliphatic rings. The lowest BCUT2D eigenvalue weighted by Gasteiger charge is -2.08. The Labute approximate surface area is 100 Å². The first-order valence-electron chi connectivity index (χ1n) is 5.68. The van der Waals surface area contributed by atoms with Crippen LogP contribution in [0.1, 0.15) is 25.8 Å². The van der Waals surface area contributed by atoms with Crippen molar-refractivity contribution in [1.29, 1.82) is 0 Å². The fourth-order valence-corrected chi connectivity index (χ4v) is 1.48. The molecular weight excluding hydrogens is 223 g/mol. The summed E-state index contributed by atoms with van der Waals surface area (Å²) in [6.45, 7) is 3.86. The molecule has 0 bridgehead atoms. The summed E-state index contributed by atoms with van der Waals surface area (Å²) in [5.41, 5.74) is 0.791. The summed E-state index contributed by atoms with van der Waals surface area (Å²) in [5, 5.41) is 8.73. The molecule has 1 N–H and O–H groups in total. The van der Waals surface area contributed by atoms with Gasteiger partial charge in [-0.3, -0.25) is 4.79 Å². The van der Waals surface area contributed by atoms with Crippen LogP contribution in [0.3, 0.4) is 0 Å². The summed E-state index contributed by atoms with van der Waals surface area (Å²) >= 11 is 0. The fraction of sp³-hybridized carbons (Fsp3) is 0.462. The summed E-state index contributed by atoms with van der Waals surface area (Å²) in [7, 11) is 0. The maximum absolute atomic E-state index is 13.5. The topological polar surface area (TPSA) is 46.5 Å². The van der Waals surface area contributed by atoms with Gasteiger partial charge in [-0.1, -0.05) is 13.0 Å². The van der Waals surface area contributed by atoms with Crippen molar-refractivity contribution >= 4 is 5.97 Å². The number of aryl methyl sites for hydroxylation is 1. The van der Waals surface area contributed by atoms with E-state index in [1.165, 1.54) is 6.07 Å². The molecule has 0 heterocycles. The van der Waals surface area contributed by atoms with Crippen molar-refractivity contribution in [2.75, 3.05) is 6.61 Å². The second kappa shape index (κ2) is 6.23. The molecule has 0 saturated heterocycles. The molecule has 0 radical (unpaired) electrons. The van der Waals surface area contributed by atoms with Crippen LogP contribution in [0.2, 0.25) is 0 Å². The zero-order valence-electron chi connectivity index (χ0n) is 10.1. The molecule has 0 saturated carbocycles. The molecule has 0 amide bonds. The van der Waals surface area contributed by atoms with E-state index >= 15 is 0 Å². The maximum Gasteiger partial charge on any atom is 0.306 e. The molecule has 0 fully saturated rings. The van der Waals surface area contributed by atoms with Gasteiger partial charge < -0.3 is 9.84 Å². The number of carbonyl (C=O) groups is 1. The van der Waals surface area contributed by atoms with Gasteiger partial charge in [-0.2, -0.15) is 0 Å². The van der Waals surface area contributed by atoms with Crippen molar-refractivity contribution in [3.63, 3.8) is 0 Å². The average molecular weight is 240 g/mol. The highest BCUT2D eigenvalue weighted by Gasteiger charge is 2.11. The largest absolute Gasteiger partial charge is 0.491 e. The van der Waals surface area contributed by atoms with Crippen LogP contribution >= 0.6 is 0 Å². The number of aliphatic carboxylic acids is 1. The van der Waals surface area contributed by atoms with Gasteiger partial charge in [0, 0.05) is 0 Å². The van der Waals surface area contributed by atoms with E-state index in [1.807, 2.05) is 0 Å². The van der Waals surface area contributed by atoms with E-state index in [0.717, 1.165) is 5.56 Å². The summed E-state index contributed by atoms with van der Waals surface area (Å²) < 4.78 is 18.6. The third kappa shape index (κ3) is 4.06. The fourth-order valence-electron chi connectivity index (χ4n) is 1.48. The molecule has 94 valence electrons. The smallest absolute Gasteiger partial charge is 0.306 e. The van der Waals surface area contributed by atoms with Gasteiger partial charge in [0.15, 0.2) is 11.6 Å². The average Bonchev–Trinajstić information content (AvgIpc) is 2.29. The number of hydrogen-bond donors (Lipinski definition) is 1. The Bertz CT molecular complexity index is 390. The van der Waals surface area contributed by atoms with Crippen molar-refractivity contribution in [2.45, 2.75) is 26.7 Å². The minimum Gasteiger partial charge on any atom is -0.491 e. The van der Waals surface area contributed by atoms with E-state index in [0.29, 0.717) is 19.4 Å². The summed E-state index contributed by atoms with van der Waals surface area (Å²) in [4.78, 5) is 10.6. The third-order valence-electron chi connectivity index (χ3n) is 2.58. The van der Waals surface area contributed by atoms with Gasteiger partial charge >= 0.3 is 5.97 Å². The Morgan fingerprint density at radius 2 is 2.24 bits per heavy atom. The molecule has 1 unspecified atom stereocenters. The Hall–Kier alpha value is -1.58. The Kier molecular flexibility index (Phi) is 4.94. The number of carboxylic acid groups (broad SMARTS) is 1. The van der Waals surface area contributed by atoms with E-state index in [1.54, 1.807) is 26.0 Å². The van der Waals surface area contributed by atoms with Crippen LogP contribution in [-0.2, 0) is 11.2 Å². The Balaban J connectivity index is 2.61. The van der Waals surface area contributed by atoms with Gasteiger partial charge in [0.1, 0.15) is 0 Å². The molecule has 17 heavy (non-hydrogen) atoms. The second-order valence-corrected chi connectivity index (χ2v) is 3.98. The number of halogens is 1. The van der Waals surface area contributed by atoms with Crippen LogP contribution in [0, 0.1) is 11.7 Å². The lowest BCUT2D eigenvalue weighted by atomic mass is 10.0. The lowest BCUT2D eigenvalue weighted by molar-refractivity contribution is -0.141. The van der Waals surface area contributed by atoms with Gasteiger partial charge in [-0.15, -0.1) is 0 Å². The van der Waals surface area contributed by atoms with Crippen LogP contribution in [0.4, 0.5) is 4.39 Å². The van der Waals surface area contributed by atoms with Gasteiger partial charge in [0.25, 0.3) is 0 Å². The molecular formula is C13H17FO3. The van der Waals surface area contributed by atoms with E-state index < -0.39 is 17.7 Å². The highest BCUT2D eigenvalue weighted by atomic mass is 19.1. The van der Waals surface area contributed by atoms with Crippen molar-refractivity contribution in [2.24, 2.45) is 5.92 Å². The molecule has 0 aromatic heterocycles. The van der Waals surface area contributed by atoms with Gasteiger partial charge in [-0.05, 0) is 37.5 Å². The van der Waals surface area contributed by atoms with E-state index in [9.17, 15) is 9.18 Å². The van der Waals surface area contributed by atoms with Crippen LogP contribution < -0.4 is 4.74 Å². The SMILES string of the molecule is CCOc1ccc(CCC(C)C(=O)O)cc1F. The Morgan fingerprint density at radius 3 is 2.76 bits per heavy atom. The van der Waals surface area contributed by atoms with Crippen molar-refractivity contribution in [3.8, 4) is 5.75 Å². The number of benzene rings is 1. The summed E-state index contributed by atoms with van der Waals surface area (Å²) in [6, 6.07) is 4.75. The zero-order valence-corrected chi connectivity index (χ0v) is 10.1. The minimum atomic E-state index is -0.823. The predicted molar refractivity (Wildman–Crippen MR) is 62.7 cm³/mol. The first-order chi connectivity index (χ1) is 8.04. The van der Waals surface area contributed by atoms with E-state index in [2.05, 4.69) is 0 Å². The van der Waals surface area contributed by atoms with Crippen molar-refractivity contribution < 1.29 is 19.0 Å². The first kappa shape index (κ1) is 13.5. The van der Waals surface area contributed by atoms with Crippen LogP contribution in [0.25, 0.3) is 0 Å². The zero-order chi connectivity index (χ0) is 12.8. The maximum atomic E-state index is 13.5. The molecule has 0 spiro atoms. The first-order valence-corrected chi connectivity index (χ1v) is 5.68. The lowest BCUT2D eigenvalue weighted by Crippen LogP contribution is -2.10. The number of carboxylic acids is 1. The van der Waals surface area contributed by atoms with Gasteiger partial charge in [0.05, 0.1) is 12.5 Å². The molecule has 1 aromatic rings. The quantitative estimate of drug-likeness (QED) is 0.831. The molecule has 0 aliphatic carbocycles. The molecule has 4 heteroatoms. The summed E-state index contributed by atoms with van der Waals surface area (Å²) in [5.74, 6) is -1.39. The number of hydrogen-bond acceptors (Lipinski definition) is 2. The highest BCUT2D eigenvalue weighted by molar-refractivity contribution is 5.69. The van der Waals surface area contributed by atoms with E-state index in [-0.39, 0.29) is 5.75 Å². The van der Waals surface area contributed by atoms with Crippen molar-refractivity contribution in [1.82, 2.24) is 0 Å². The normalized spacial score (nSPS) is 12.2. The molecule has 1 aromatic carbocycles. The van der Waals surface area contributed by atoms with Gasteiger partial charge in [0.2, 0.25) is 0 Å². The van der Waals surface area contributed by atoms with Crippen LogP contribution in [0.5, 0.6) is 5.75 Å². The number of ether oxygens (including phenoxy) is 1. The molecule has 1 rings (SSSR count). The molecule has 1 atom stereocenters. The van der Waals surface area contributed by atoms with Crippen LogP contribution in [-0.4, -0.2) is 17.7 Å². The standard InChI is InChI=1S/C13H17FO3/c1-3-17-12-7-6-10(8-11(12)14)5-4-9(2)13(15)16/h6-9H,3-5H2,1-2H3,(H,15,16). The third-order valence-corrected chi connectivity index (χ3v) is 2.58. The summed E-state index contributed by atoms with van der Waals surface area (Å²) in [6.07, 6.45) is 1.06. The second-order valence-electron chi connectivity index (χ2n) is 3.98. The van der Waals surface area contributed by atoms with E-state index in [4.69, 9.17) is 9.84 Å². The van der Waals surface area contributed by atoms with Gasteiger partial charge in [-0.25, -0.2) is 4.39 Å². The monoisotopic (exact) mass is 240 g/mol. The van der Waals surface area contributed by atoms with Crippen LogP contribution in [0.15, 0.2) is 18.2 Å². The van der Waals surface area contributed by atoms with Crippen molar-refractivity contribution in [3.05, 3.63) is 29.6 Å². The Morgan fingerprint density at radius 1 is 1.53 bits per heavy atom. The molecule has 3 nitrogen and oxygen atoms in total. The predicted octanol–water partition coefficient (Wildman–Crippen LogP) is 2.88.